The van der Waals surface area contributed by atoms with E-state index in [1.54, 1.807) is 0 Å². The lowest BCUT2D eigenvalue weighted by Crippen LogP contribution is -2.41. The van der Waals surface area contributed by atoms with Crippen LogP contribution in [0, 0.1) is 5.92 Å². The van der Waals surface area contributed by atoms with Gasteiger partial charge in [-0.15, -0.1) is 0 Å². The van der Waals surface area contributed by atoms with E-state index in [2.05, 4.69) is 67.4 Å². The van der Waals surface area contributed by atoms with E-state index in [-0.39, 0.29) is 6.23 Å². The summed E-state index contributed by atoms with van der Waals surface area (Å²) in [5.41, 5.74) is 3.62. The van der Waals surface area contributed by atoms with Crippen LogP contribution in [-0.2, 0) is 0 Å². The monoisotopic (exact) mass is 306 g/mol. The van der Waals surface area contributed by atoms with E-state index in [1.807, 2.05) is 6.07 Å². The summed E-state index contributed by atoms with van der Waals surface area (Å²) in [6, 6.07) is 19.2. The molecule has 2 aromatic carbocycles. The van der Waals surface area contributed by atoms with Gasteiger partial charge in [0.1, 0.15) is 5.75 Å². The first-order valence-electron chi connectivity index (χ1n) is 8.39. The van der Waals surface area contributed by atoms with Gasteiger partial charge in [-0.3, -0.25) is 5.01 Å². The van der Waals surface area contributed by atoms with Gasteiger partial charge < -0.3 is 4.74 Å². The lowest BCUT2D eigenvalue weighted by atomic mass is 9.96. The van der Waals surface area contributed by atoms with Crippen LogP contribution >= 0.6 is 0 Å². The Morgan fingerprint density at radius 3 is 2.61 bits per heavy atom. The average molecular weight is 306 g/mol. The van der Waals surface area contributed by atoms with Gasteiger partial charge in [0.25, 0.3) is 0 Å². The molecule has 2 aliphatic heterocycles. The summed E-state index contributed by atoms with van der Waals surface area (Å²) in [6.07, 6.45) is 1.95. The molecule has 2 atom stereocenters. The molecule has 118 valence electrons. The minimum Gasteiger partial charge on any atom is -0.469 e. The number of nitrogens with zero attached hydrogens (tertiary/aromatic N) is 2. The molecule has 0 aliphatic carbocycles. The maximum absolute atomic E-state index is 6.26. The minimum absolute atomic E-state index is 0.0242. The first-order chi connectivity index (χ1) is 11.2. The van der Waals surface area contributed by atoms with E-state index in [9.17, 15) is 0 Å². The Hall–Kier alpha value is -2.29. The number of fused-ring (bicyclic) bond motifs is 3. The van der Waals surface area contributed by atoms with Crippen LogP contribution < -0.4 is 4.74 Å². The van der Waals surface area contributed by atoms with Crippen molar-refractivity contribution >= 4 is 5.71 Å². The Bertz CT molecular complexity index is 723. The number of hydrazone groups is 1. The Labute approximate surface area is 137 Å². The number of para-hydroxylation sites is 1. The van der Waals surface area contributed by atoms with E-state index in [0.29, 0.717) is 12.0 Å². The molecule has 0 saturated carbocycles. The maximum atomic E-state index is 6.26. The number of benzene rings is 2. The van der Waals surface area contributed by atoms with Crippen molar-refractivity contribution in [2.45, 2.75) is 39.0 Å². The molecule has 23 heavy (non-hydrogen) atoms. The van der Waals surface area contributed by atoms with Crippen molar-refractivity contribution in [3.8, 4) is 5.75 Å². The van der Waals surface area contributed by atoms with Crippen LogP contribution in [0.3, 0.4) is 0 Å². The van der Waals surface area contributed by atoms with Gasteiger partial charge in [-0.05, 0) is 17.5 Å². The zero-order chi connectivity index (χ0) is 15.8. The predicted molar refractivity (Wildman–Crippen MR) is 92.5 cm³/mol. The van der Waals surface area contributed by atoms with Gasteiger partial charge >= 0.3 is 0 Å². The summed E-state index contributed by atoms with van der Waals surface area (Å²) in [5, 5.41) is 7.12. The van der Waals surface area contributed by atoms with E-state index in [4.69, 9.17) is 9.84 Å². The Morgan fingerprint density at radius 2 is 1.83 bits per heavy atom. The van der Waals surface area contributed by atoms with Crippen LogP contribution in [0.2, 0.25) is 0 Å². The highest BCUT2D eigenvalue weighted by molar-refractivity contribution is 6.01. The summed E-state index contributed by atoms with van der Waals surface area (Å²) >= 11 is 0. The van der Waals surface area contributed by atoms with Gasteiger partial charge in [-0.2, -0.15) is 5.10 Å². The van der Waals surface area contributed by atoms with Gasteiger partial charge in [0.15, 0.2) is 6.23 Å². The van der Waals surface area contributed by atoms with Crippen LogP contribution in [0.5, 0.6) is 5.75 Å². The van der Waals surface area contributed by atoms with Crippen molar-refractivity contribution in [2.24, 2.45) is 11.0 Å². The van der Waals surface area contributed by atoms with Crippen LogP contribution in [0.4, 0.5) is 0 Å². The topological polar surface area (TPSA) is 24.8 Å². The zero-order valence-corrected chi connectivity index (χ0v) is 13.6. The molecule has 2 aliphatic rings. The average Bonchev–Trinajstić information content (AvgIpc) is 3.01. The van der Waals surface area contributed by atoms with Crippen molar-refractivity contribution in [3.05, 3.63) is 65.7 Å². The van der Waals surface area contributed by atoms with Crippen molar-refractivity contribution in [3.63, 3.8) is 0 Å². The Balaban J connectivity index is 1.72. The Morgan fingerprint density at radius 1 is 1.09 bits per heavy atom. The molecule has 2 heterocycles. The standard InChI is InChI=1S/C20H22N2O/c1-14(2)12-20-22-18(16-10-6-7-11-19(16)23-20)13-17(21-22)15-8-4-3-5-9-15/h3-11,14,18,20H,12-13H2,1-2H3/t18-,20-/m1/s1. The molecule has 0 fully saturated rings. The van der Waals surface area contributed by atoms with Crippen LogP contribution in [0.15, 0.2) is 59.7 Å². The van der Waals surface area contributed by atoms with Crippen molar-refractivity contribution in [1.82, 2.24) is 5.01 Å². The third-order valence-electron chi connectivity index (χ3n) is 4.56. The molecule has 0 bridgehead atoms. The van der Waals surface area contributed by atoms with Crippen LogP contribution in [0.1, 0.15) is 43.9 Å². The third kappa shape index (κ3) is 2.61. The molecule has 0 saturated heterocycles. The molecule has 0 amide bonds. The maximum Gasteiger partial charge on any atom is 0.188 e. The van der Waals surface area contributed by atoms with Crippen LogP contribution in [0.25, 0.3) is 0 Å². The molecule has 4 rings (SSSR count). The molecule has 3 heteroatoms. The number of hydrogen-bond donors (Lipinski definition) is 0. The van der Waals surface area contributed by atoms with Crippen molar-refractivity contribution in [1.29, 1.82) is 0 Å². The quantitative estimate of drug-likeness (QED) is 0.827. The highest BCUT2D eigenvalue weighted by Gasteiger charge is 2.40. The fraction of sp³-hybridized carbons (Fsp3) is 0.350. The summed E-state index contributed by atoms with van der Waals surface area (Å²) < 4.78 is 6.26. The molecule has 0 N–H and O–H groups in total. The highest BCUT2D eigenvalue weighted by Crippen LogP contribution is 2.43. The van der Waals surface area contributed by atoms with Gasteiger partial charge in [-0.25, -0.2) is 0 Å². The molecular weight excluding hydrogens is 284 g/mol. The SMILES string of the molecule is CC(C)C[C@H]1Oc2ccccc2[C@H]2CC(c3ccccc3)=NN21. The first-order valence-corrected chi connectivity index (χ1v) is 8.39. The lowest BCUT2D eigenvalue weighted by Gasteiger charge is -2.38. The first kappa shape index (κ1) is 14.3. The summed E-state index contributed by atoms with van der Waals surface area (Å²) in [4.78, 5) is 0. The fourth-order valence-electron chi connectivity index (χ4n) is 3.47. The summed E-state index contributed by atoms with van der Waals surface area (Å²) in [7, 11) is 0. The van der Waals surface area contributed by atoms with Gasteiger partial charge in [0, 0.05) is 18.4 Å². The second-order valence-corrected chi connectivity index (χ2v) is 6.75. The molecule has 0 radical (unpaired) electrons. The Kier molecular flexibility index (Phi) is 3.56. The van der Waals surface area contributed by atoms with E-state index in [0.717, 1.165) is 24.3 Å². The van der Waals surface area contributed by atoms with Crippen molar-refractivity contribution in [2.75, 3.05) is 0 Å². The number of hydrogen-bond acceptors (Lipinski definition) is 3. The lowest BCUT2D eigenvalue weighted by molar-refractivity contribution is -0.0291. The molecular formula is C20H22N2O. The highest BCUT2D eigenvalue weighted by atomic mass is 16.5. The largest absolute Gasteiger partial charge is 0.469 e. The molecule has 0 spiro atoms. The second kappa shape index (κ2) is 5.73. The van der Waals surface area contributed by atoms with E-state index < -0.39 is 0 Å². The van der Waals surface area contributed by atoms with Gasteiger partial charge in [-0.1, -0.05) is 62.4 Å². The molecule has 0 aromatic heterocycles. The molecule has 0 unspecified atom stereocenters. The predicted octanol–water partition coefficient (Wildman–Crippen LogP) is 4.60. The smallest absolute Gasteiger partial charge is 0.188 e. The minimum atomic E-state index is 0.0242. The third-order valence-corrected chi connectivity index (χ3v) is 4.56. The molecule has 3 nitrogen and oxygen atoms in total. The van der Waals surface area contributed by atoms with Crippen molar-refractivity contribution < 1.29 is 4.74 Å². The van der Waals surface area contributed by atoms with E-state index >= 15 is 0 Å². The number of rotatable bonds is 3. The van der Waals surface area contributed by atoms with Gasteiger partial charge in [0.05, 0.1) is 11.8 Å². The van der Waals surface area contributed by atoms with Crippen LogP contribution in [-0.4, -0.2) is 16.9 Å². The summed E-state index contributed by atoms with van der Waals surface area (Å²) in [5.74, 6) is 1.59. The normalized spacial score (nSPS) is 22.4. The summed E-state index contributed by atoms with van der Waals surface area (Å²) in [6.45, 7) is 4.47. The second-order valence-electron chi connectivity index (χ2n) is 6.75. The fourth-order valence-corrected chi connectivity index (χ4v) is 3.47. The zero-order valence-electron chi connectivity index (χ0n) is 13.6. The molecule has 2 aromatic rings. The van der Waals surface area contributed by atoms with E-state index in [1.165, 1.54) is 11.1 Å². The van der Waals surface area contributed by atoms with Gasteiger partial charge in [0.2, 0.25) is 0 Å². The number of ether oxygens (including phenoxy) is 1.